The molecule has 0 heterocycles. The summed E-state index contributed by atoms with van der Waals surface area (Å²) >= 11 is 0. The first kappa shape index (κ1) is 11.0. The van der Waals surface area contributed by atoms with Gasteiger partial charge in [0.15, 0.2) is 0 Å². The van der Waals surface area contributed by atoms with Gasteiger partial charge in [-0.05, 0) is 18.1 Å². The molecule has 76 valence electrons. The highest BCUT2D eigenvalue weighted by Crippen LogP contribution is 2.18. The summed E-state index contributed by atoms with van der Waals surface area (Å²) < 4.78 is 0. The van der Waals surface area contributed by atoms with E-state index in [0.29, 0.717) is 6.61 Å². The molecule has 0 aliphatic heterocycles. The molecule has 0 radical (unpaired) electrons. The Morgan fingerprint density at radius 3 is 2.43 bits per heavy atom. The van der Waals surface area contributed by atoms with Crippen molar-refractivity contribution in [1.29, 1.82) is 0 Å². The van der Waals surface area contributed by atoms with Crippen LogP contribution in [0.25, 0.3) is 5.57 Å². The minimum Gasteiger partial charge on any atom is -0.252 e. The highest BCUT2D eigenvalue weighted by molar-refractivity contribution is 5.61. The molecule has 1 rings (SSSR count). The first-order valence-corrected chi connectivity index (χ1v) is 4.67. The maximum absolute atomic E-state index is 8.33. The topological polar surface area (TPSA) is 29.5 Å². The van der Waals surface area contributed by atoms with Crippen molar-refractivity contribution in [3.8, 4) is 0 Å². The summed E-state index contributed by atoms with van der Waals surface area (Å²) in [4.78, 5) is 4.12. The average Bonchev–Trinajstić information content (AvgIpc) is 2.18. The van der Waals surface area contributed by atoms with E-state index in [4.69, 9.17) is 5.26 Å². The molecule has 2 nitrogen and oxygen atoms in total. The Hall–Kier alpha value is -1.12. The number of allylic oxidation sites excluding steroid dienone is 1. The molecule has 1 aromatic carbocycles. The molecular weight excluding hydrogens is 176 g/mol. The third-order valence-corrected chi connectivity index (χ3v) is 2.30. The Kier molecular flexibility index (Phi) is 3.86. The van der Waals surface area contributed by atoms with Crippen molar-refractivity contribution < 1.29 is 10.1 Å². The smallest absolute Gasteiger partial charge is 0.0885 e. The van der Waals surface area contributed by atoms with Gasteiger partial charge in [-0.2, -0.15) is 0 Å². The molecule has 0 aliphatic rings. The van der Waals surface area contributed by atoms with Crippen molar-refractivity contribution in [2.24, 2.45) is 0 Å². The molecule has 0 spiro atoms. The van der Waals surface area contributed by atoms with Gasteiger partial charge in [-0.15, -0.1) is 0 Å². The number of rotatable bonds is 4. The van der Waals surface area contributed by atoms with Gasteiger partial charge in [0.25, 0.3) is 0 Å². The summed E-state index contributed by atoms with van der Waals surface area (Å²) in [6, 6.07) is 8.14. The number of benzene rings is 1. The van der Waals surface area contributed by atoms with Crippen molar-refractivity contribution in [2.45, 2.75) is 19.8 Å². The third-order valence-electron chi connectivity index (χ3n) is 2.30. The second kappa shape index (κ2) is 4.94. The Morgan fingerprint density at radius 1 is 1.43 bits per heavy atom. The van der Waals surface area contributed by atoms with Crippen molar-refractivity contribution in [2.75, 3.05) is 6.61 Å². The highest BCUT2D eigenvalue weighted by Gasteiger charge is 2.05. The highest BCUT2D eigenvalue weighted by atomic mass is 17.1. The molecule has 2 heteroatoms. The van der Waals surface area contributed by atoms with E-state index >= 15 is 0 Å². The van der Waals surface area contributed by atoms with E-state index in [0.717, 1.165) is 16.7 Å². The van der Waals surface area contributed by atoms with Gasteiger partial charge >= 0.3 is 0 Å². The molecule has 0 bridgehead atoms. The van der Waals surface area contributed by atoms with Crippen LogP contribution >= 0.6 is 0 Å². The molecule has 0 saturated heterocycles. The van der Waals surface area contributed by atoms with Crippen LogP contribution in [0.5, 0.6) is 0 Å². The van der Waals surface area contributed by atoms with E-state index in [1.165, 1.54) is 0 Å². The minimum absolute atomic E-state index is 0.208. The summed E-state index contributed by atoms with van der Waals surface area (Å²) in [5.41, 5.74) is 3.36. The second-order valence-electron chi connectivity index (χ2n) is 3.60. The lowest BCUT2D eigenvalue weighted by Crippen LogP contribution is -2.01. The average molecular weight is 192 g/mol. The third kappa shape index (κ3) is 2.69. The molecule has 0 fully saturated rings. The molecular formula is C12H16O2. The molecule has 0 aliphatic carbocycles. The zero-order valence-corrected chi connectivity index (χ0v) is 8.66. The van der Waals surface area contributed by atoms with Gasteiger partial charge in [0.1, 0.15) is 0 Å². The van der Waals surface area contributed by atoms with E-state index in [2.05, 4.69) is 11.5 Å². The quantitative estimate of drug-likeness (QED) is 0.585. The largest absolute Gasteiger partial charge is 0.252 e. The summed E-state index contributed by atoms with van der Waals surface area (Å²) in [7, 11) is 0. The zero-order valence-electron chi connectivity index (χ0n) is 8.66. The molecule has 0 aromatic heterocycles. The monoisotopic (exact) mass is 192 g/mol. The van der Waals surface area contributed by atoms with Gasteiger partial charge in [-0.1, -0.05) is 43.3 Å². The van der Waals surface area contributed by atoms with Gasteiger partial charge in [0.05, 0.1) is 6.61 Å². The lowest BCUT2D eigenvalue weighted by Gasteiger charge is -2.10. The summed E-state index contributed by atoms with van der Waals surface area (Å²) in [5.74, 6) is 0.208. The van der Waals surface area contributed by atoms with Gasteiger partial charge < -0.3 is 0 Å². The first-order valence-electron chi connectivity index (χ1n) is 4.67. The van der Waals surface area contributed by atoms with Crippen LogP contribution in [0.3, 0.4) is 0 Å². The van der Waals surface area contributed by atoms with Crippen LogP contribution in [0, 0.1) is 0 Å². The molecule has 14 heavy (non-hydrogen) atoms. The van der Waals surface area contributed by atoms with Gasteiger partial charge in [0, 0.05) is 5.92 Å². The van der Waals surface area contributed by atoms with Gasteiger partial charge in [0.2, 0.25) is 0 Å². The van der Waals surface area contributed by atoms with Crippen molar-refractivity contribution >= 4 is 5.57 Å². The fourth-order valence-electron chi connectivity index (χ4n) is 1.30. The van der Waals surface area contributed by atoms with Crippen LogP contribution < -0.4 is 0 Å². The standard InChI is InChI=1S/C12H16O2/c1-9(2)11-4-6-12(7-5-11)10(3)8-14-13/h4-7,10,13H,1,8H2,2-3H3. The van der Waals surface area contributed by atoms with Crippen molar-refractivity contribution in [1.82, 2.24) is 0 Å². The van der Waals surface area contributed by atoms with E-state index in [1.54, 1.807) is 0 Å². The molecule has 1 N–H and O–H groups in total. The fourth-order valence-corrected chi connectivity index (χ4v) is 1.30. The Morgan fingerprint density at radius 2 is 2.00 bits per heavy atom. The van der Waals surface area contributed by atoms with E-state index in [9.17, 15) is 0 Å². The first-order chi connectivity index (χ1) is 6.65. The molecule has 1 aromatic rings. The zero-order chi connectivity index (χ0) is 10.6. The normalized spacial score (nSPS) is 12.5. The van der Waals surface area contributed by atoms with E-state index < -0.39 is 0 Å². The van der Waals surface area contributed by atoms with Crippen molar-refractivity contribution in [3.63, 3.8) is 0 Å². The van der Waals surface area contributed by atoms with E-state index in [1.807, 2.05) is 38.1 Å². The van der Waals surface area contributed by atoms with Gasteiger partial charge in [-0.25, -0.2) is 4.89 Å². The van der Waals surface area contributed by atoms with Crippen LogP contribution in [0.4, 0.5) is 0 Å². The summed E-state index contributed by atoms with van der Waals surface area (Å²) in [5, 5.41) is 8.33. The predicted molar refractivity (Wildman–Crippen MR) is 58.1 cm³/mol. The van der Waals surface area contributed by atoms with E-state index in [-0.39, 0.29) is 5.92 Å². The Balaban J connectivity index is 2.77. The molecule has 1 atom stereocenters. The van der Waals surface area contributed by atoms with Crippen LogP contribution in [0.15, 0.2) is 30.8 Å². The molecule has 0 amide bonds. The lowest BCUT2D eigenvalue weighted by atomic mass is 9.99. The Labute approximate surface area is 84.8 Å². The van der Waals surface area contributed by atoms with Crippen LogP contribution in [0.2, 0.25) is 0 Å². The maximum Gasteiger partial charge on any atom is 0.0885 e. The lowest BCUT2D eigenvalue weighted by molar-refractivity contribution is -0.245. The predicted octanol–water partition coefficient (Wildman–Crippen LogP) is 3.31. The Bertz CT molecular complexity index is 301. The van der Waals surface area contributed by atoms with Crippen LogP contribution in [-0.4, -0.2) is 11.9 Å². The number of hydrogen-bond acceptors (Lipinski definition) is 2. The minimum atomic E-state index is 0.208. The second-order valence-corrected chi connectivity index (χ2v) is 3.60. The SMILES string of the molecule is C=C(C)c1ccc(C(C)COO)cc1. The number of hydrogen-bond donors (Lipinski definition) is 1. The van der Waals surface area contributed by atoms with Crippen LogP contribution in [0.1, 0.15) is 30.9 Å². The molecule has 1 unspecified atom stereocenters. The van der Waals surface area contributed by atoms with Crippen LogP contribution in [-0.2, 0) is 4.89 Å². The van der Waals surface area contributed by atoms with Crippen molar-refractivity contribution in [3.05, 3.63) is 42.0 Å². The summed E-state index contributed by atoms with van der Waals surface area (Å²) in [6.45, 7) is 8.18. The van der Waals surface area contributed by atoms with Gasteiger partial charge in [-0.3, -0.25) is 5.26 Å². The fraction of sp³-hybridized carbons (Fsp3) is 0.333. The molecule has 0 saturated carbocycles. The summed E-state index contributed by atoms with van der Waals surface area (Å²) in [6.07, 6.45) is 0. The maximum atomic E-state index is 8.33.